The van der Waals surface area contributed by atoms with Crippen LogP contribution in [0.5, 0.6) is 0 Å². The zero-order chi connectivity index (χ0) is 12.1. The van der Waals surface area contributed by atoms with Gasteiger partial charge in [0.25, 0.3) is 0 Å². The summed E-state index contributed by atoms with van der Waals surface area (Å²) >= 11 is 1.60. The monoisotopic (exact) mass is 240 g/mol. The Hall–Kier alpha value is -0.740. The van der Waals surface area contributed by atoms with Gasteiger partial charge >= 0.3 is 0 Å². The van der Waals surface area contributed by atoms with Gasteiger partial charge in [0.2, 0.25) is 0 Å². The minimum Gasteiger partial charge on any atom is -0.297 e. The zero-order valence-electron chi connectivity index (χ0n) is 10.5. The fourth-order valence-corrected chi connectivity index (χ4v) is 2.34. The van der Waals surface area contributed by atoms with E-state index in [4.69, 9.17) is 0 Å². The Bertz CT molecular complexity index is 347. The number of likely N-dealkylation sites (N-methyl/N-ethyl adjacent to an activating group) is 1. The Morgan fingerprint density at radius 1 is 1.56 bits per heavy atom. The van der Waals surface area contributed by atoms with Crippen LogP contribution in [-0.2, 0) is 4.79 Å². The zero-order valence-corrected chi connectivity index (χ0v) is 11.3. The molecule has 4 heteroatoms. The molecule has 0 bridgehead atoms. The number of unbranched alkanes of at least 4 members (excludes halogenated alkanes) is 1. The molecule has 0 amide bonds. The highest BCUT2D eigenvalue weighted by Crippen LogP contribution is 2.23. The first-order valence-electron chi connectivity index (χ1n) is 5.67. The minimum atomic E-state index is -0.170. The Labute approximate surface area is 101 Å². The number of aryl methyl sites for hydroxylation is 1. The molecule has 0 aromatic carbocycles. The number of carbonyl (C=O) groups excluding carboxylic acids is 1. The normalized spacial score (nSPS) is 13.1. The maximum atomic E-state index is 12.1. The van der Waals surface area contributed by atoms with E-state index < -0.39 is 0 Å². The van der Waals surface area contributed by atoms with Gasteiger partial charge in [-0.25, -0.2) is 4.98 Å². The van der Waals surface area contributed by atoms with Crippen LogP contribution < -0.4 is 0 Å². The van der Waals surface area contributed by atoms with Crippen molar-refractivity contribution in [1.82, 2.24) is 9.88 Å². The van der Waals surface area contributed by atoms with Crippen molar-refractivity contribution in [3.63, 3.8) is 0 Å². The standard InChI is InChI=1S/C12H20N2OS/c1-5-6-7-11(15)12(14(3)4)10-8-16-9(2)13-10/h8,12H,5-7H2,1-4H3. The Balaban J connectivity index is 2.79. The molecule has 0 spiro atoms. The van der Waals surface area contributed by atoms with Crippen LogP contribution in [0.2, 0.25) is 0 Å². The molecule has 16 heavy (non-hydrogen) atoms. The van der Waals surface area contributed by atoms with Crippen molar-refractivity contribution < 1.29 is 4.79 Å². The smallest absolute Gasteiger partial charge is 0.156 e. The van der Waals surface area contributed by atoms with Crippen LogP contribution in [0.3, 0.4) is 0 Å². The summed E-state index contributed by atoms with van der Waals surface area (Å²) in [6, 6.07) is -0.170. The number of hydrogen-bond donors (Lipinski definition) is 0. The third kappa shape index (κ3) is 3.39. The van der Waals surface area contributed by atoms with Gasteiger partial charge in [-0.2, -0.15) is 0 Å². The van der Waals surface area contributed by atoms with Gasteiger partial charge in [0, 0.05) is 11.8 Å². The molecule has 1 rings (SSSR count). The molecule has 1 aromatic rings. The van der Waals surface area contributed by atoms with Gasteiger partial charge in [0.15, 0.2) is 5.78 Å². The first-order chi connectivity index (χ1) is 7.56. The summed E-state index contributed by atoms with van der Waals surface area (Å²) in [5, 5.41) is 3.01. The summed E-state index contributed by atoms with van der Waals surface area (Å²) in [5.41, 5.74) is 0.897. The van der Waals surface area contributed by atoms with Crippen LogP contribution in [-0.4, -0.2) is 29.8 Å². The number of carbonyl (C=O) groups is 1. The fraction of sp³-hybridized carbons (Fsp3) is 0.667. The molecule has 0 radical (unpaired) electrons. The lowest BCUT2D eigenvalue weighted by Gasteiger charge is -2.21. The molecule has 1 unspecified atom stereocenters. The lowest BCUT2D eigenvalue weighted by Crippen LogP contribution is -2.28. The van der Waals surface area contributed by atoms with E-state index in [1.165, 1.54) is 0 Å². The molecule has 0 fully saturated rings. The number of rotatable bonds is 6. The number of hydrogen-bond acceptors (Lipinski definition) is 4. The second-order valence-corrected chi connectivity index (χ2v) is 5.29. The van der Waals surface area contributed by atoms with Crippen molar-refractivity contribution in [2.45, 2.75) is 39.2 Å². The summed E-state index contributed by atoms with van der Waals surface area (Å²) in [6.07, 6.45) is 2.67. The van der Waals surface area contributed by atoms with Crippen LogP contribution in [0.25, 0.3) is 0 Å². The maximum Gasteiger partial charge on any atom is 0.156 e. The maximum absolute atomic E-state index is 12.1. The van der Waals surface area contributed by atoms with Crippen LogP contribution >= 0.6 is 11.3 Å². The Kier molecular flexibility index (Phi) is 5.09. The van der Waals surface area contributed by atoms with Crippen molar-refractivity contribution in [1.29, 1.82) is 0 Å². The molecule has 0 aliphatic carbocycles. The average Bonchev–Trinajstić information content (AvgIpc) is 2.61. The summed E-state index contributed by atoms with van der Waals surface area (Å²) in [6.45, 7) is 4.07. The summed E-state index contributed by atoms with van der Waals surface area (Å²) in [5.74, 6) is 0.275. The van der Waals surface area contributed by atoms with Crippen molar-refractivity contribution >= 4 is 17.1 Å². The van der Waals surface area contributed by atoms with Crippen LogP contribution in [0.15, 0.2) is 5.38 Å². The topological polar surface area (TPSA) is 33.2 Å². The number of thiazole rings is 1. The van der Waals surface area contributed by atoms with Gasteiger partial charge in [-0.1, -0.05) is 13.3 Å². The Morgan fingerprint density at radius 3 is 2.69 bits per heavy atom. The van der Waals surface area contributed by atoms with E-state index in [2.05, 4.69) is 11.9 Å². The fourth-order valence-electron chi connectivity index (χ4n) is 1.71. The number of aromatic nitrogens is 1. The van der Waals surface area contributed by atoms with Gasteiger partial charge in [0.1, 0.15) is 6.04 Å². The second-order valence-electron chi connectivity index (χ2n) is 4.23. The van der Waals surface area contributed by atoms with Crippen LogP contribution in [0.4, 0.5) is 0 Å². The average molecular weight is 240 g/mol. The third-order valence-corrected chi connectivity index (χ3v) is 3.31. The van der Waals surface area contributed by atoms with Gasteiger partial charge in [-0.3, -0.25) is 9.69 Å². The molecule has 0 saturated heterocycles. The van der Waals surface area contributed by atoms with Crippen molar-refractivity contribution in [3.8, 4) is 0 Å². The highest BCUT2D eigenvalue weighted by atomic mass is 32.1. The molecular formula is C12H20N2OS. The number of ketones is 1. The van der Waals surface area contributed by atoms with Crippen molar-refractivity contribution in [2.75, 3.05) is 14.1 Å². The van der Waals surface area contributed by atoms with E-state index in [1.807, 2.05) is 31.3 Å². The van der Waals surface area contributed by atoms with E-state index in [0.29, 0.717) is 6.42 Å². The van der Waals surface area contributed by atoms with Gasteiger partial charge < -0.3 is 0 Å². The molecule has 90 valence electrons. The molecule has 0 aliphatic heterocycles. The summed E-state index contributed by atoms with van der Waals surface area (Å²) < 4.78 is 0. The van der Waals surface area contributed by atoms with E-state index in [1.54, 1.807) is 11.3 Å². The second kappa shape index (κ2) is 6.11. The molecule has 1 heterocycles. The van der Waals surface area contributed by atoms with Crippen molar-refractivity contribution in [3.05, 3.63) is 16.1 Å². The largest absolute Gasteiger partial charge is 0.297 e. The molecule has 0 saturated carbocycles. The molecule has 0 aliphatic rings. The highest BCUT2D eigenvalue weighted by molar-refractivity contribution is 7.09. The third-order valence-electron chi connectivity index (χ3n) is 2.52. The highest BCUT2D eigenvalue weighted by Gasteiger charge is 2.24. The number of Topliss-reactive ketones (excluding diaryl/α,β-unsaturated/α-hetero) is 1. The molecule has 3 nitrogen and oxygen atoms in total. The van der Waals surface area contributed by atoms with Crippen LogP contribution in [0, 0.1) is 6.92 Å². The first-order valence-corrected chi connectivity index (χ1v) is 6.55. The van der Waals surface area contributed by atoms with E-state index in [9.17, 15) is 4.79 Å². The molecule has 0 N–H and O–H groups in total. The number of nitrogens with zero attached hydrogens (tertiary/aromatic N) is 2. The first kappa shape index (κ1) is 13.3. The van der Waals surface area contributed by atoms with E-state index in [-0.39, 0.29) is 11.8 Å². The predicted octanol–water partition coefficient (Wildman–Crippen LogP) is 2.81. The SMILES string of the molecule is CCCCC(=O)C(c1csc(C)n1)N(C)C. The van der Waals surface area contributed by atoms with Gasteiger partial charge in [-0.05, 0) is 27.4 Å². The minimum absolute atomic E-state index is 0.170. The summed E-state index contributed by atoms with van der Waals surface area (Å²) in [7, 11) is 3.87. The molecular weight excluding hydrogens is 220 g/mol. The lowest BCUT2D eigenvalue weighted by molar-refractivity contribution is -0.123. The predicted molar refractivity (Wildman–Crippen MR) is 67.8 cm³/mol. The Morgan fingerprint density at radius 2 is 2.25 bits per heavy atom. The van der Waals surface area contributed by atoms with E-state index >= 15 is 0 Å². The van der Waals surface area contributed by atoms with E-state index in [0.717, 1.165) is 23.5 Å². The lowest BCUT2D eigenvalue weighted by atomic mass is 10.0. The summed E-state index contributed by atoms with van der Waals surface area (Å²) in [4.78, 5) is 18.4. The van der Waals surface area contributed by atoms with Gasteiger partial charge in [0.05, 0.1) is 10.7 Å². The van der Waals surface area contributed by atoms with Gasteiger partial charge in [-0.15, -0.1) is 11.3 Å². The van der Waals surface area contributed by atoms with Crippen LogP contribution in [0.1, 0.15) is 42.9 Å². The quantitative estimate of drug-likeness (QED) is 0.766. The molecule has 1 aromatic heterocycles. The molecule has 1 atom stereocenters. The van der Waals surface area contributed by atoms with Crippen molar-refractivity contribution in [2.24, 2.45) is 0 Å².